The largest absolute Gasteiger partial charge is 0.433 e. The normalized spacial score (nSPS) is 11.3. The van der Waals surface area contributed by atoms with Crippen LogP contribution in [0.4, 0.5) is 62.3 Å². The molecule has 0 saturated carbocycles. The van der Waals surface area contributed by atoms with Crippen LogP contribution in [0.1, 0.15) is 91.3 Å². The number of aryl methyl sites for hydroxylation is 2. The van der Waals surface area contributed by atoms with Crippen molar-refractivity contribution in [2.75, 3.05) is 41.1 Å². The van der Waals surface area contributed by atoms with Crippen LogP contribution in [0.3, 0.4) is 0 Å². The number of nitrogens with one attached hydrogen (secondary N) is 6. The third-order valence-electron chi connectivity index (χ3n) is 16.5. The van der Waals surface area contributed by atoms with Crippen LogP contribution < -0.4 is 31.9 Å². The lowest BCUT2D eigenvalue weighted by molar-refractivity contribution is -0.142. The van der Waals surface area contributed by atoms with Gasteiger partial charge in [-0.25, -0.2) is 18.4 Å². The third-order valence-corrected chi connectivity index (χ3v) is 19.3. The molecular weight excluding hydrogens is 1700 g/mol. The van der Waals surface area contributed by atoms with Crippen molar-refractivity contribution in [3.8, 4) is 45.0 Å². The molecule has 5 amide bonds. The van der Waals surface area contributed by atoms with Crippen molar-refractivity contribution in [1.82, 2.24) is 40.5 Å². The van der Waals surface area contributed by atoms with Crippen molar-refractivity contribution in [3.63, 3.8) is 0 Å². The Morgan fingerprint density at radius 1 is 0.407 bits per heavy atom. The Morgan fingerprint density at radius 2 is 0.771 bits per heavy atom. The number of pyridine rings is 6. The number of benzene rings is 6. The van der Waals surface area contributed by atoms with Crippen molar-refractivity contribution in [2.24, 2.45) is 0 Å². The Hall–Kier alpha value is -11.5. The first-order valence-electron chi connectivity index (χ1n) is 34.4. The number of aliphatic hydroxyl groups excluding tert-OH is 1. The maximum Gasteiger partial charge on any atom is 0.433 e. The first kappa shape index (κ1) is 90.5. The van der Waals surface area contributed by atoms with Gasteiger partial charge in [0.2, 0.25) is 0 Å². The fraction of sp³-hybridized carbons (Fsp3) is 0.134. The summed E-state index contributed by atoms with van der Waals surface area (Å²) in [5.74, 6) is -2.50. The Morgan fingerprint density at radius 3 is 1.09 bits per heavy atom. The topological polar surface area (TPSA) is 289 Å². The number of halogens is 15. The summed E-state index contributed by atoms with van der Waals surface area (Å²) < 4.78 is 136. The molecule has 12 rings (SSSR count). The number of aliphatic hydroxyl groups is 1. The molecule has 12 aromatic rings. The number of carbonyl (C=O) groups excluding carboxylic acids is 5. The lowest BCUT2D eigenvalue weighted by Gasteiger charge is -2.12. The molecule has 0 fully saturated rings. The Kier molecular flexibility index (Phi) is 30.8. The predicted molar refractivity (Wildman–Crippen MR) is 437 cm³/mol. The zero-order valence-corrected chi connectivity index (χ0v) is 67.0. The molecule has 20 nitrogen and oxygen atoms in total. The quantitative estimate of drug-likeness (QED) is 0.0370. The maximum atomic E-state index is 12.8. The van der Waals surface area contributed by atoms with E-state index in [0.29, 0.717) is 110 Å². The van der Waals surface area contributed by atoms with E-state index in [0.717, 1.165) is 30.5 Å². The second-order valence-electron chi connectivity index (χ2n) is 25.3. The number of anilines is 4. The molecule has 0 aliphatic rings. The van der Waals surface area contributed by atoms with Crippen LogP contribution in [0.5, 0.6) is 0 Å². The maximum absolute atomic E-state index is 12.8. The molecule has 0 bridgehead atoms. The molecule has 0 atom stereocenters. The van der Waals surface area contributed by atoms with Crippen molar-refractivity contribution in [1.29, 1.82) is 0 Å². The van der Waals surface area contributed by atoms with Crippen LogP contribution in [-0.2, 0) is 41.1 Å². The summed E-state index contributed by atoms with van der Waals surface area (Å²) in [4.78, 5) is 85.9. The summed E-state index contributed by atoms with van der Waals surface area (Å²) in [6, 6.07) is 49.7. The van der Waals surface area contributed by atoms with Gasteiger partial charge in [-0.15, -0.1) is 0 Å². The molecule has 118 heavy (non-hydrogen) atoms. The number of carbonyl (C=O) groups is 5. The monoisotopic (exact) mass is 1760 g/mol. The van der Waals surface area contributed by atoms with Gasteiger partial charge >= 0.3 is 18.5 Å². The second-order valence-corrected chi connectivity index (χ2v) is 29.9. The zero-order valence-electron chi connectivity index (χ0n) is 61.7. The Bertz CT molecular complexity index is 5790. The first-order valence-corrected chi connectivity index (χ1v) is 38.7. The van der Waals surface area contributed by atoms with Gasteiger partial charge in [0.05, 0.1) is 111 Å². The highest BCUT2D eigenvalue weighted by molar-refractivity contribution is 7.89. The van der Waals surface area contributed by atoms with Crippen LogP contribution in [0, 0.1) is 13.8 Å². The Balaban J connectivity index is 0.000000179. The number of hydrogen-bond donors (Lipinski definition) is 7. The van der Waals surface area contributed by atoms with E-state index in [1.807, 2.05) is 18.2 Å². The molecule has 6 aromatic heterocycles. The molecule has 0 aliphatic carbocycles. The first-order chi connectivity index (χ1) is 55.7. The van der Waals surface area contributed by atoms with Gasteiger partial charge in [0.1, 0.15) is 11.4 Å². The smallest absolute Gasteiger partial charge is 0.392 e. The molecule has 0 aliphatic heterocycles. The number of alkyl halides is 9. The molecule has 0 radical (unpaired) electrons. The predicted octanol–water partition coefficient (Wildman–Crippen LogP) is 20.4. The molecule has 0 unspecified atom stereocenters. The Labute approximate surface area is 698 Å². The highest BCUT2D eigenvalue weighted by Gasteiger charge is 2.35. The van der Waals surface area contributed by atoms with Crippen molar-refractivity contribution in [3.05, 3.63) is 316 Å². The molecule has 6 aromatic carbocycles. The van der Waals surface area contributed by atoms with Crippen LogP contribution in [0.15, 0.2) is 219 Å². The van der Waals surface area contributed by atoms with E-state index in [1.165, 1.54) is 57.6 Å². The molecule has 0 spiro atoms. The summed E-state index contributed by atoms with van der Waals surface area (Å²) in [5.41, 5.74) is 6.89. The lowest BCUT2D eigenvalue weighted by atomic mass is 10.1. The van der Waals surface area contributed by atoms with E-state index in [9.17, 15) is 71.9 Å². The average molecular weight is 1760 g/mol. The van der Waals surface area contributed by atoms with Gasteiger partial charge in [0.25, 0.3) is 29.5 Å². The van der Waals surface area contributed by atoms with E-state index in [2.05, 4.69) is 61.8 Å². The number of aromatic nitrogens is 6. The summed E-state index contributed by atoms with van der Waals surface area (Å²) in [7, 11) is -1.68. The number of rotatable bonds is 19. The minimum Gasteiger partial charge on any atom is -0.392 e. The van der Waals surface area contributed by atoms with Gasteiger partial charge in [0, 0.05) is 89.6 Å². The summed E-state index contributed by atoms with van der Waals surface area (Å²) in [6.07, 6.45) is -6.12. The van der Waals surface area contributed by atoms with Gasteiger partial charge in [-0.2, -0.15) is 39.5 Å². The number of hydrogen-bond acceptors (Lipinski definition) is 15. The molecule has 36 heteroatoms. The number of nitrogens with zero attached hydrogens (tertiary/aromatic N) is 6. The summed E-state index contributed by atoms with van der Waals surface area (Å²) >= 11 is 37.3. The van der Waals surface area contributed by atoms with E-state index in [-0.39, 0.29) is 68.5 Å². The third kappa shape index (κ3) is 25.8. The van der Waals surface area contributed by atoms with Gasteiger partial charge in [-0.05, 0) is 194 Å². The minimum absolute atomic E-state index is 0.0116. The highest BCUT2D eigenvalue weighted by Crippen LogP contribution is 2.37. The van der Waals surface area contributed by atoms with Crippen LogP contribution >= 0.6 is 69.6 Å². The van der Waals surface area contributed by atoms with Crippen LogP contribution in [0.25, 0.3) is 45.0 Å². The van der Waals surface area contributed by atoms with Crippen molar-refractivity contribution in [2.45, 2.75) is 51.3 Å². The van der Waals surface area contributed by atoms with E-state index in [4.69, 9.17) is 74.7 Å². The zero-order chi connectivity index (χ0) is 86.0. The van der Waals surface area contributed by atoms with Crippen molar-refractivity contribution >= 4 is 132 Å². The fourth-order valence-electron chi connectivity index (χ4n) is 10.8. The van der Waals surface area contributed by atoms with E-state index in [1.54, 1.807) is 140 Å². The number of amides is 5. The molecular formula is C82H63Cl6F9N12O8S. The van der Waals surface area contributed by atoms with E-state index < -0.39 is 69.9 Å². The van der Waals surface area contributed by atoms with Gasteiger partial charge < -0.3 is 37.0 Å². The molecule has 7 N–H and O–H groups in total. The summed E-state index contributed by atoms with van der Waals surface area (Å²) in [5, 5.41) is 26.7. The van der Waals surface area contributed by atoms with Gasteiger partial charge in [-0.1, -0.05) is 99.9 Å². The fourth-order valence-corrected chi connectivity index (χ4v) is 13.0. The van der Waals surface area contributed by atoms with Gasteiger partial charge in [-0.3, -0.25) is 43.9 Å². The van der Waals surface area contributed by atoms with Crippen LogP contribution in [-0.4, -0.2) is 99.0 Å². The minimum atomic E-state index is -4.59. The lowest BCUT2D eigenvalue weighted by Crippen LogP contribution is -2.28. The highest BCUT2D eigenvalue weighted by atomic mass is 35.5. The van der Waals surface area contributed by atoms with E-state index >= 15 is 0 Å². The molecule has 610 valence electrons. The van der Waals surface area contributed by atoms with Crippen LogP contribution in [0.2, 0.25) is 30.1 Å². The molecule has 6 heterocycles. The second kappa shape index (κ2) is 40.1. The average Bonchev–Trinajstić information content (AvgIpc) is 0.821. The van der Waals surface area contributed by atoms with Gasteiger partial charge in [0.15, 0.2) is 9.84 Å². The SMILES string of the molecule is CNC(=O)c1ccc(-c2cc(NC(=O)c3ccc(C(F)(F)F)nc3C)ccc2Cl)nc1.CS(=O)(=O)Cc1ccc(C(=O)Nc2ccc(Cl)c(-c3ccccn3)c2)c(Cl)c1.Cc1nc(C(F)(F)F)ccc1C(=O)Nc1ccc(Cl)c(-c2ccc(CO)cn2)c1.O=C(Nc1ccc(Cl)c(-c2ccccn2)c1)c1ccc(CNCC(F)(F)F)cc1Cl. The standard InChI is InChI=1S/C21H16Cl2F3N3O.C21H16ClF3N4O2.C20H16Cl2N2O3S.C20H15ClF3N3O2/c22-17-7-5-14(10-16(17)19-3-1-2-8-28-19)29-20(30)15-6-4-13(9-18(15)23)11-27-12-21(24,25)26;1-11-14(5-8-18(28-11)21(23,24)25)20(31)29-13-4-6-16(22)15(9-13)17-7-3-12(10-27-17)19(30)26-2;1-28(26,27)12-13-5-7-15(18(22)10-13)20(25)24-14-6-8-17(21)16(11-14)19-4-2-3-9-23-19;1-11-14(4-7-18(26-11)20(22,23)24)19(29)27-13-3-5-16(21)15(8-13)17-6-2-12(10-28)9-25-17/h1-10,27H,11-12H2,(H,29,30);3-10H,1-2H3,(H,26,30)(H,29,31);2-11H,12H2,1H3,(H,24,25);2-9,28H,10H2,1H3,(H,27,29). The number of sulfone groups is 1. The molecule has 0 saturated heterocycles. The van der Waals surface area contributed by atoms with Crippen molar-refractivity contribution < 1.29 is 77.0 Å². The summed E-state index contributed by atoms with van der Waals surface area (Å²) in [6.45, 7) is 1.39.